The Hall–Kier alpha value is 2.65. The van der Waals surface area contributed by atoms with Crippen molar-refractivity contribution in [2.24, 2.45) is 0 Å². The van der Waals surface area contributed by atoms with E-state index in [4.69, 9.17) is 0 Å². The van der Waals surface area contributed by atoms with E-state index in [1.165, 1.54) is 0 Å². The van der Waals surface area contributed by atoms with Gasteiger partial charge in [-0.3, -0.25) is 0 Å². The van der Waals surface area contributed by atoms with Crippen LogP contribution >= 0.6 is 0 Å². The van der Waals surface area contributed by atoms with Crippen molar-refractivity contribution in [3.05, 3.63) is 0 Å². The van der Waals surface area contributed by atoms with Crippen molar-refractivity contribution >= 4 is 27.3 Å². The van der Waals surface area contributed by atoms with Gasteiger partial charge in [-0.1, -0.05) is 0 Å². The Bertz CT molecular complexity index is 8.00. The summed E-state index contributed by atoms with van der Waals surface area (Å²) in [6, 6.07) is 0. The summed E-state index contributed by atoms with van der Waals surface area (Å²) in [6.45, 7) is 0. The van der Waals surface area contributed by atoms with Crippen LogP contribution in [0.5, 0.6) is 0 Å². The summed E-state index contributed by atoms with van der Waals surface area (Å²) < 4.78 is 0. The Morgan fingerprint density at radius 1 is 1.00 bits per heavy atom. The summed E-state index contributed by atoms with van der Waals surface area (Å²) in [5.74, 6) is 0. The van der Waals surface area contributed by atoms with Crippen LogP contribution in [0.3, 0.4) is 0 Å². The third-order valence-electron chi connectivity index (χ3n) is 0. The molecule has 0 N–H and O–H groups in total. The van der Waals surface area contributed by atoms with E-state index in [2.05, 4.69) is 0 Å². The van der Waals surface area contributed by atoms with Crippen LogP contribution in [-0.2, 0) is 55.3 Å². The van der Waals surface area contributed by atoms with Crippen molar-refractivity contribution in [2.75, 3.05) is 0 Å². The topological polar surface area (TPSA) is 0 Å². The molecule has 0 bridgehead atoms. The maximum atomic E-state index is 0. The first-order chi connectivity index (χ1) is 0. The van der Waals surface area contributed by atoms with Gasteiger partial charge in [-0.2, -0.15) is 0 Å². The Morgan fingerprint density at radius 2 is 1.00 bits per heavy atom. The zero-order chi connectivity index (χ0) is 0. The normalized spacial score (nSPS) is 0. The van der Waals surface area contributed by atoms with Gasteiger partial charge in [0.05, 0.1) is 0 Å². The molecule has 5 radical (unpaired) electrons. The second kappa shape index (κ2) is 17.4. The Morgan fingerprint density at radius 3 is 1.00 bits per heavy atom. The van der Waals surface area contributed by atoms with Gasteiger partial charge in [0.25, 0.3) is 0 Å². The molecule has 0 saturated heterocycles. The van der Waals surface area contributed by atoms with Gasteiger partial charge in [0.1, 0.15) is 0 Å². The fourth-order valence-electron chi connectivity index (χ4n) is 0. The minimum atomic E-state index is 0. The van der Waals surface area contributed by atoms with Gasteiger partial charge in [0.2, 0.25) is 0 Å². The van der Waals surface area contributed by atoms with Crippen molar-refractivity contribution < 1.29 is 55.3 Å². The molecule has 0 aromatic heterocycles. The van der Waals surface area contributed by atoms with Crippen LogP contribution in [0.4, 0.5) is 0 Å². The van der Waals surface area contributed by atoms with Crippen LogP contribution in [0, 0.1) is 0 Å². The second-order valence-corrected chi connectivity index (χ2v) is 0. The van der Waals surface area contributed by atoms with Crippen molar-refractivity contribution in [3.63, 3.8) is 0 Å². The van der Waals surface area contributed by atoms with E-state index >= 15 is 0 Å². The van der Waals surface area contributed by atoms with E-state index in [-0.39, 0.29) is 82.6 Å². The van der Waals surface area contributed by atoms with Crippen LogP contribution in [0.25, 0.3) is 0 Å². The predicted octanol–water partition coefficient (Wildman–Crippen LogP) is -0.388. The monoisotopic (exact) mass is 377 g/mol. The zero-order valence-electron chi connectivity index (χ0n) is 1.62. The molecule has 0 fully saturated rings. The average molecular weight is 377 g/mol. The predicted molar refractivity (Wildman–Crippen MR) is 5.75 cm³/mol. The molecule has 4 heteroatoms. The van der Waals surface area contributed by atoms with E-state index in [1.54, 1.807) is 0 Å². The molecule has 0 saturated carbocycles. The second-order valence-electron chi connectivity index (χ2n) is 0. The van der Waals surface area contributed by atoms with Gasteiger partial charge in [0.15, 0.2) is 0 Å². The van der Waals surface area contributed by atoms with Gasteiger partial charge in [-0.15, -0.1) is 0 Å². The SMILES string of the molecule is [Cu].[Ni].[Pb].[Ti]. The van der Waals surface area contributed by atoms with E-state index in [9.17, 15) is 0 Å². The standard InChI is InChI=1S/Cu.Ni.Pb.Ti. The molecule has 0 nitrogen and oxygen atoms in total. The molecule has 0 aliphatic carbocycles. The summed E-state index contributed by atoms with van der Waals surface area (Å²) in [4.78, 5) is 0. The quantitative estimate of drug-likeness (QED) is 0.505. The van der Waals surface area contributed by atoms with Gasteiger partial charge in [-0.05, 0) is 0 Å². The first-order valence-electron chi connectivity index (χ1n) is 0. The van der Waals surface area contributed by atoms with Crippen molar-refractivity contribution in [1.82, 2.24) is 0 Å². The minimum Gasteiger partial charge on any atom is 0 e. The van der Waals surface area contributed by atoms with Crippen LogP contribution in [-0.4, -0.2) is 27.3 Å². The van der Waals surface area contributed by atoms with Crippen molar-refractivity contribution in [1.29, 1.82) is 0 Å². The van der Waals surface area contributed by atoms with Crippen LogP contribution < -0.4 is 0 Å². The Kier molecular flexibility index (Phi) is 132. The molecule has 0 aromatic carbocycles. The first kappa shape index (κ1) is 30.2. The van der Waals surface area contributed by atoms with E-state index < -0.39 is 0 Å². The molecule has 29 valence electrons. The van der Waals surface area contributed by atoms with Gasteiger partial charge < -0.3 is 0 Å². The molecule has 0 rings (SSSR count). The molecule has 4 heavy (non-hydrogen) atoms. The Labute approximate surface area is 81.3 Å². The number of rotatable bonds is 0. The molecular weight excluding hydrogens is 377 g/mol. The molecule has 0 heterocycles. The molecule has 0 spiro atoms. The Balaban J connectivity index is 0. The number of hydrogen-bond donors (Lipinski definition) is 0. The van der Waals surface area contributed by atoms with Gasteiger partial charge >= 0.3 is 0 Å². The fraction of sp³-hybridized carbons (Fsp3) is 0. The van der Waals surface area contributed by atoms with Gasteiger partial charge in [0, 0.05) is 82.6 Å². The van der Waals surface area contributed by atoms with E-state index in [1.807, 2.05) is 0 Å². The summed E-state index contributed by atoms with van der Waals surface area (Å²) >= 11 is 0. The van der Waals surface area contributed by atoms with Crippen LogP contribution in [0.1, 0.15) is 0 Å². The summed E-state index contributed by atoms with van der Waals surface area (Å²) in [6.07, 6.45) is 0. The van der Waals surface area contributed by atoms with E-state index in [0.717, 1.165) is 0 Å². The molecule has 0 aliphatic rings. The third kappa shape index (κ3) is 8.82. The molecule has 0 amide bonds. The average Bonchev–Trinajstić information content (AvgIpc) is 0. The fourth-order valence-corrected chi connectivity index (χ4v) is 0. The molecule has 0 aromatic rings. The summed E-state index contributed by atoms with van der Waals surface area (Å²) in [5, 5.41) is 0. The molecule has 0 atom stereocenters. The zero-order valence-corrected chi connectivity index (χ0v) is 9.00. The summed E-state index contributed by atoms with van der Waals surface area (Å²) in [7, 11) is 0. The van der Waals surface area contributed by atoms with Crippen LogP contribution in [0.15, 0.2) is 0 Å². The van der Waals surface area contributed by atoms with Gasteiger partial charge in [-0.25, -0.2) is 0 Å². The van der Waals surface area contributed by atoms with Crippen molar-refractivity contribution in [2.45, 2.75) is 0 Å². The maximum Gasteiger partial charge on any atom is 0 e. The summed E-state index contributed by atoms with van der Waals surface area (Å²) in [5.41, 5.74) is 0. The number of hydrogen-bond acceptors (Lipinski definition) is 0. The minimum absolute atomic E-state index is 0. The van der Waals surface area contributed by atoms with Crippen LogP contribution in [0.2, 0.25) is 0 Å². The largest absolute Gasteiger partial charge is 0 e. The molecular formula is CuNiPbTi. The smallest absolute Gasteiger partial charge is 0 e. The third-order valence-corrected chi connectivity index (χ3v) is 0. The first-order valence-corrected chi connectivity index (χ1v) is 0. The molecule has 0 aliphatic heterocycles. The molecule has 0 unspecified atom stereocenters. The van der Waals surface area contributed by atoms with E-state index in [0.29, 0.717) is 0 Å². The van der Waals surface area contributed by atoms with Crippen molar-refractivity contribution in [3.8, 4) is 0 Å². The maximum absolute atomic E-state index is 0.